The zero-order chi connectivity index (χ0) is 13.7. The summed E-state index contributed by atoms with van der Waals surface area (Å²) in [6.07, 6.45) is 3.06. The summed E-state index contributed by atoms with van der Waals surface area (Å²) < 4.78 is 0. The number of nitrogens with one attached hydrogen (secondary N) is 1. The van der Waals surface area contributed by atoms with Crippen LogP contribution in [0.1, 0.15) is 15.9 Å². The first kappa shape index (κ1) is 12.8. The van der Waals surface area contributed by atoms with E-state index in [4.69, 9.17) is 5.11 Å². The number of amides is 1. The van der Waals surface area contributed by atoms with Crippen molar-refractivity contribution in [1.29, 1.82) is 0 Å². The van der Waals surface area contributed by atoms with Gasteiger partial charge >= 0.3 is 5.97 Å². The van der Waals surface area contributed by atoms with Crippen molar-refractivity contribution >= 4 is 17.6 Å². The van der Waals surface area contributed by atoms with Gasteiger partial charge in [-0.2, -0.15) is 0 Å². The molecule has 0 saturated carbocycles. The SMILES string of the molecule is O=C(O)Cc1ccc(NC(=O)c2ccncc2)cc1. The van der Waals surface area contributed by atoms with Crippen molar-refractivity contribution in [2.24, 2.45) is 0 Å². The van der Waals surface area contributed by atoms with Gasteiger partial charge < -0.3 is 10.4 Å². The van der Waals surface area contributed by atoms with Gasteiger partial charge in [0.25, 0.3) is 5.91 Å². The topological polar surface area (TPSA) is 79.3 Å². The summed E-state index contributed by atoms with van der Waals surface area (Å²) in [5, 5.41) is 11.4. The summed E-state index contributed by atoms with van der Waals surface area (Å²) in [7, 11) is 0. The number of nitrogens with zero attached hydrogens (tertiary/aromatic N) is 1. The molecule has 0 radical (unpaired) electrons. The third-order valence-electron chi connectivity index (χ3n) is 2.51. The summed E-state index contributed by atoms with van der Waals surface area (Å²) in [5.41, 5.74) is 1.83. The van der Waals surface area contributed by atoms with Crippen LogP contribution in [0.4, 0.5) is 5.69 Å². The molecule has 2 aromatic rings. The average Bonchev–Trinajstić information content (AvgIpc) is 2.41. The van der Waals surface area contributed by atoms with E-state index in [1.165, 1.54) is 0 Å². The lowest BCUT2D eigenvalue weighted by molar-refractivity contribution is -0.136. The monoisotopic (exact) mass is 256 g/mol. The molecule has 0 saturated heterocycles. The molecule has 0 bridgehead atoms. The fraction of sp³-hybridized carbons (Fsp3) is 0.0714. The minimum atomic E-state index is -0.881. The summed E-state index contributed by atoms with van der Waals surface area (Å²) in [6, 6.07) is 9.95. The number of aliphatic carboxylic acids is 1. The lowest BCUT2D eigenvalue weighted by Gasteiger charge is -2.05. The van der Waals surface area contributed by atoms with Crippen molar-refractivity contribution in [3.63, 3.8) is 0 Å². The molecule has 0 fully saturated rings. The van der Waals surface area contributed by atoms with Gasteiger partial charge in [0.05, 0.1) is 6.42 Å². The Kier molecular flexibility index (Phi) is 3.87. The van der Waals surface area contributed by atoms with E-state index in [1.54, 1.807) is 48.8 Å². The van der Waals surface area contributed by atoms with Crippen molar-refractivity contribution in [2.45, 2.75) is 6.42 Å². The molecule has 0 aliphatic carbocycles. The maximum absolute atomic E-state index is 11.8. The van der Waals surface area contributed by atoms with E-state index in [2.05, 4.69) is 10.3 Å². The van der Waals surface area contributed by atoms with Crippen LogP contribution in [-0.2, 0) is 11.2 Å². The summed E-state index contributed by atoms with van der Waals surface area (Å²) >= 11 is 0. The predicted octanol–water partition coefficient (Wildman–Crippen LogP) is 1.96. The fourth-order valence-corrected chi connectivity index (χ4v) is 1.59. The Morgan fingerprint density at radius 2 is 1.68 bits per heavy atom. The van der Waals surface area contributed by atoms with Gasteiger partial charge in [-0.3, -0.25) is 14.6 Å². The van der Waals surface area contributed by atoms with E-state index in [9.17, 15) is 9.59 Å². The third-order valence-corrected chi connectivity index (χ3v) is 2.51. The standard InChI is InChI=1S/C14H12N2O3/c17-13(18)9-10-1-3-12(4-2-10)16-14(19)11-5-7-15-8-6-11/h1-8H,9H2,(H,16,19)(H,17,18). The third kappa shape index (κ3) is 3.64. The number of hydrogen-bond donors (Lipinski definition) is 2. The molecule has 5 heteroatoms. The molecule has 0 unspecified atom stereocenters. The van der Waals surface area contributed by atoms with Crippen LogP contribution in [0.3, 0.4) is 0 Å². The summed E-state index contributed by atoms with van der Waals surface area (Å²) in [6.45, 7) is 0. The molecule has 0 aliphatic rings. The number of carboxylic acid groups (broad SMARTS) is 1. The van der Waals surface area contributed by atoms with Crippen molar-refractivity contribution < 1.29 is 14.7 Å². The van der Waals surface area contributed by atoms with Crippen LogP contribution in [-0.4, -0.2) is 22.0 Å². The molecular formula is C14H12N2O3. The largest absolute Gasteiger partial charge is 0.481 e. The second-order valence-electron chi connectivity index (χ2n) is 3.96. The highest BCUT2D eigenvalue weighted by molar-refractivity contribution is 6.04. The Labute approximate surface area is 109 Å². The van der Waals surface area contributed by atoms with Crippen molar-refractivity contribution in [3.05, 3.63) is 59.9 Å². The number of aromatic nitrogens is 1. The smallest absolute Gasteiger partial charge is 0.307 e. The molecule has 0 aliphatic heterocycles. The predicted molar refractivity (Wildman–Crippen MR) is 70.0 cm³/mol. The fourth-order valence-electron chi connectivity index (χ4n) is 1.59. The Balaban J connectivity index is 2.04. The number of anilines is 1. The van der Waals surface area contributed by atoms with E-state index >= 15 is 0 Å². The molecule has 1 amide bonds. The second-order valence-corrected chi connectivity index (χ2v) is 3.96. The van der Waals surface area contributed by atoms with Gasteiger partial charge in [-0.1, -0.05) is 12.1 Å². The van der Waals surface area contributed by atoms with Crippen molar-refractivity contribution in [1.82, 2.24) is 4.98 Å². The lowest BCUT2D eigenvalue weighted by atomic mass is 10.1. The zero-order valence-corrected chi connectivity index (χ0v) is 10.0. The number of carboxylic acids is 1. The Bertz CT molecular complexity index is 579. The second kappa shape index (κ2) is 5.77. The molecule has 1 aromatic carbocycles. The maximum Gasteiger partial charge on any atom is 0.307 e. The van der Waals surface area contributed by atoms with Crippen LogP contribution >= 0.6 is 0 Å². The Morgan fingerprint density at radius 1 is 1.05 bits per heavy atom. The highest BCUT2D eigenvalue weighted by Gasteiger charge is 2.05. The van der Waals surface area contributed by atoms with Crippen LogP contribution in [0.25, 0.3) is 0 Å². The first-order valence-electron chi connectivity index (χ1n) is 5.67. The van der Waals surface area contributed by atoms with Crippen LogP contribution in [0, 0.1) is 0 Å². The number of hydrogen-bond acceptors (Lipinski definition) is 3. The molecule has 0 spiro atoms. The van der Waals surface area contributed by atoms with E-state index in [0.717, 1.165) is 0 Å². The number of carbonyl (C=O) groups is 2. The summed E-state index contributed by atoms with van der Waals surface area (Å²) in [4.78, 5) is 26.2. The first-order chi connectivity index (χ1) is 9.15. The minimum absolute atomic E-state index is 0.0292. The van der Waals surface area contributed by atoms with Gasteiger partial charge in [-0.25, -0.2) is 0 Å². The van der Waals surface area contributed by atoms with Crippen molar-refractivity contribution in [3.8, 4) is 0 Å². The van der Waals surface area contributed by atoms with E-state index in [-0.39, 0.29) is 12.3 Å². The molecule has 2 rings (SSSR count). The van der Waals surface area contributed by atoms with E-state index in [0.29, 0.717) is 16.8 Å². The maximum atomic E-state index is 11.8. The molecule has 1 heterocycles. The average molecular weight is 256 g/mol. The number of pyridine rings is 1. The highest BCUT2D eigenvalue weighted by Crippen LogP contribution is 2.11. The van der Waals surface area contributed by atoms with Crippen LogP contribution in [0.2, 0.25) is 0 Å². The van der Waals surface area contributed by atoms with Crippen LogP contribution in [0.5, 0.6) is 0 Å². The quantitative estimate of drug-likeness (QED) is 0.876. The lowest BCUT2D eigenvalue weighted by Crippen LogP contribution is -2.11. The Hall–Kier alpha value is -2.69. The number of carbonyl (C=O) groups excluding carboxylic acids is 1. The van der Waals surface area contributed by atoms with Crippen molar-refractivity contribution in [2.75, 3.05) is 5.32 Å². The van der Waals surface area contributed by atoms with Gasteiger partial charge in [0.15, 0.2) is 0 Å². The van der Waals surface area contributed by atoms with Gasteiger partial charge in [0.2, 0.25) is 0 Å². The molecule has 19 heavy (non-hydrogen) atoms. The molecule has 5 nitrogen and oxygen atoms in total. The molecule has 2 N–H and O–H groups in total. The Morgan fingerprint density at radius 3 is 2.26 bits per heavy atom. The molecule has 96 valence electrons. The van der Waals surface area contributed by atoms with Gasteiger partial charge in [0.1, 0.15) is 0 Å². The minimum Gasteiger partial charge on any atom is -0.481 e. The highest BCUT2D eigenvalue weighted by atomic mass is 16.4. The normalized spacial score (nSPS) is 9.89. The van der Waals surface area contributed by atoms with Crippen LogP contribution in [0.15, 0.2) is 48.8 Å². The van der Waals surface area contributed by atoms with E-state index < -0.39 is 5.97 Å². The number of rotatable bonds is 4. The number of benzene rings is 1. The van der Waals surface area contributed by atoms with Gasteiger partial charge in [-0.15, -0.1) is 0 Å². The van der Waals surface area contributed by atoms with E-state index in [1.807, 2.05) is 0 Å². The summed E-state index contributed by atoms with van der Waals surface area (Å²) in [5.74, 6) is -1.11. The molecule has 1 aromatic heterocycles. The first-order valence-corrected chi connectivity index (χ1v) is 5.67. The van der Waals surface area contributed by atoms with Gasteiger partial charge in [0, 0.05) is 23.6 Å². The van der Waals surface area contributed by atoms with Crippen LogP contribution < -0.4 is 5.32 Å². The zero-order valence-electron chi connectivity index (χ0n) is 10.0. The molecular weight excluding hydrogens is 244 g/mol. The molecule has 0 atom stereocenters. The van der Waals surface area contributed by atoms with Gasteiger partial charge in [-0.05, 0) is 29.8 Å².